The molecule has 1 rings (SSSR count). The smallest absolute Gasteiger partial charge is 0.338 e. The lowest BCUT2D eigenvalue weighted by Crippen LogP contribution is -2.04. The fourth-order valence-corrected chi connectivity index (χ4v) is 2.06. The van der Waals surface area contributed by atoms with Gasteiger partial charge in [-0.05, 0) is 30.2 Å². The summed E-state index contributed by atoms with van der Waals surface area (Å²) in [7, 11) is 1.37. The number of hydrogen-bond acceptors (Lipinski definition) is 2. The largest absolute Gasteiger partial charge is 0.465 e. The van der Waals surface area contributed by atoms with Gasteiger partial charge in [-0.2, -0.15) is 0 Å². The summed E-state index contributed by atoms with van der Waals surface area (Å²) in [5.74, 6) is -0.332. The normalized spacial score (nSPS) is 10.0. The van der Waals surface area contributed by atoms with E-state index >= 15 is 0 Å². The van der Waals surface area contributed by atoms with E-state index in [1.165, 1.54) is 7.11 Å². The second-order valence-corrected chi connectivity index (χ2v) is 3.85. The lowest BCUT2D eigenvalue weighted by molar-refractivity contribution is 0.0600. The van der Waals surface area contributed by atoms with E-state index in [-0.39, 0.29) is 5.97 Å². The standard InChI is InChI=1S/C10H10BrClO2/c1-6-3-9(12)7(5-11)4-8(6)10(13)14-2/h3-4H,5H2,1-2H3. The van der Waals surface area contributed by atoms with Gasteiger partial charge in [0.1, 0.15) is 0 Å². The number of aryl methyl sites for hydroxylation is 1. The number of benzene rings is 1. The third-order valence-corrected chi connectivity index (χ3v) is 2.90. The van der Waals surface area contributed by atoms with E-state index < -0.39 is 0 Å². The van der Waals surface area contributed by atoms with Crippen molar-refractivity contribution in [1.82, 2.24) is 0 Å². The van der Waals surface area contributed by atoms with Crippen LogP contribution in [0.15, 0.2) is 12.1 Å². The van der Waals surface area contributed by atoms with Gasteiger partial charge in [-0.15, -0.1) is 0 Å². The molecule has 76 valence electrons. The van der Waals surface area contributed by atoms with Gasteiger partial charge in [0.2, 0.25) is 0 Å². The summed E-state index contributed by atoms with van der Waals surface area (Å²) < 4.78 is 4.66. The quantitative estimate of drug-likeness (QED) is 0.612. The molecule has 0 N–H and O–H groups in total. The Bertz CT molecular complexity index is 363. The molecule has 0 heterocycles. The Hall–Kier alpha value is -0.540. The molecule has 0 spiro atoms. The third-order valence-electron chi connectivity index (χ3n) is 1.94. The highest BCUT2D eigenvalue weighted by Gasteiger charge is 2.12. The highest BCUT2D eigenvalue weighted by atomic mass is 79.9. The van der Waals surface area contributed by atoms with Crippen molar-refractivity contribution in [2.75, 3.05) is 7.11 Å². The van der Waals surface area contributed by atoms with Crippen molar-refractivity contribution in [2.45, 2.75) is 12.3 Å². The first-order chi connectivity index (χ1) is 6.60. The number of rotatable bonds is 2. The number of halogens is 2. The number of hydrogen-bond donors (Lipinski definition) is 0. The highest BCUT2D eigenvalue weighted by Crippen LogP contribution is 2.23. The Morgan fingerprint density at radius 2 is 2.21 bits per heavy atom. The highest BCUT2D eigenvalue weighted by molar-refractivity contribution is 9.08. The van der Waals surface area contributed by atoms with Crippen LogP contribution in [0.4, 0.5) is 0 Å². The fraction of sp³-hybridized carbons (Fsp3) is 0.300. The molecule has 1 aromatic rings. The Morgan fingerprint density at radius 3 is 2.71 bits per heavy atom. The summed E-state index contributed by atoms with van der Waals surface area (Å²) in [6, 6.07) is 3.52. The number of carbonyl (C=O) groups excluding carboxylic acids is 1. The topological polar surface area (TPSA) is 26.3 Å². The molecule has 0 bridgehead atoms. The Morgan fingerprint density at radius 1 is 1.57 bits per heavy atom. The summed E-state index contributed by atoms with van der Waals surface area (Å²) in [5, 5.41) is 1.28. The number of carbonyl (C=O) groups is 1. The Labute approximate surface area is 96.3 Å². The molecule has 0 amide bonds. The monoisotopic (exact) mass is 276 g/mol. The molecule has 4 heteroatoms. The van der Waals surface area contributed by atoms with Gasteiger partial charge in [-0.25, -0.2) is 4.79 Å². The van der Waals surface area contributed by atoms with Crippen LogP contribution < -0.4 is 0 Å². The van der Waals surface area contributed by atoms with Crippen molar-refractivity contribution < 1.29 is 9.53 Å². The van der Waals surface area contributed by atoms with Crippen LogP contribution in [0.3, 0.4) is 0 Å². The Balaban J connectivity index is 3.24. The molecular weight excluding hydrogens is 267 g/mol. The van der Waals surface area contributed by atoms with Crippen molar-refractivity contribution in [3.8, 4) is 0 Å². The van der Waals surface area contributed by atoms with Gasteiger partial charge < -0.3 is 4.74 Å². The summed E-state index contributed by atoms with van der Waals surface area (Å²) in [6.45, 7) is 1.83. The van der Waals surface area contributed by atoms with Gasteiger partial charge in [0, 0.05) is 10.4 Å². The van der Waals surface area contributed by atoms with Gasteiger partial charge in [0.05, 0.1) is 12.7 Å². The van der Waals surface area contributed by atoms with Crippen molar-refractivity contribution in [1.29, 1.82) is 0 Å². The van der Waals surface area contributed by atoms with Crippen molar-refractivity contribution in [3.05, 3.63) is 33.8 Å². The van der Waals surface area contributed by atoms with Crippen LogP contribution in [0.1, 0.15) is 21.5 Å². The number of ether oxygens (including phenoxy) is 1. The van der Waals surface area contributed by atoms with Crippen LogP contribution in [0.5, 0.6) is 0 Å². The molecule has 0 radical (unpaired) electrons. The second kappa shape index (κ2) is 4.80. The van der Waals surface area contributed by atoms with Crippen LogP contribution in [-0.2, 0) is 10.1 Å². The molecule has 0 atom stereocenters. The molecule has 0 saturated heterocycles. The van der Waals surface area contributed by atoms with Crippen LogP contribution in [0, 0.1) is 6.92 Å². The van der Waals surface area contributed by atoms with Crippen LogP contribution in [-0.4, -0.2) is 13.1 Å². The maximum atomic E-state index is 11.3. The van der Waals surface area contributed by atoms with Crippen molar-refractivity contribution in [2.24, 2.45) is 0 Å². The van der Waals surface area contributed by atoms with E-state index in [1.807, 2.05) is 6.92 Å². The number of esters is 1. The predicted molar refractivity (Wildman–Crippen MR) is 60.2 cm³/mol. The molecule has 0 aliphatic carbocycles. The average molecular weight is 278 g/mol. The molecule has 0 saturated carbocycles. The minimum Gasteiger partial charge on any atom is -0.465 e. The first kappa shape index (κ1) is 11.5. The summed E-state index contributed by atoms with van der Waals surface area (Å²) >= 11 is 9.27. The minimum absolute atomic E-state index is 0.332. The zero-order chi connectivity index (χ0) is 10.7. The molecule has 0 aliphatic heterocycles. The van der Waals surface area contributed by atoms with Crippen LogP contribution in [0.25, 0.3) is 0 Å². The maximum absolute atomic E-state index is 11.3. The van der Waals surface area contributed by atoms with E-state index in [0.29, 0.717) is 15.9 Å². The number of alkyl halides is 1. The fourth-order valence-electron chi connectivity index (χ4n) is 1.15. The second-order valence-electron chi connectivity index (χ2n) is 2.88. The van der Waals surface area contributed by atoms with Crippen LogP contribution >= 0.6 is 27.5 Å². The van der Waals surface area contributed by atoms with Crippen molar-refractivity contribution >= 4 is 33.5 Å². The summed E-state index contributed by atoms with van der Waals surface area (Å²) in [6.07, 6.45) is 0. The van der Waals surface area contributed by atoms with Crippen molar-refractivity contribution in [3.63, 3.8) is 0 Å². The molecule has 0 fully saturated rings. The summed E-state index contributed by atoms with van der Waals surface area (Å²) in [5.41, 5.74) is 2.27. The van der Waals surface area contributed by atoms with Gasteiger partial charge in [0.25, 0.3) is 0 Å². The molecule has 1 aromatic carbocycles. The summed E-state index contributed by atoms with van der Waals surface area (Å²) in [4.78, 5) is 11.3. The van der Waals surface area contributed by atoms with Gasteiger partial charge in [0.15, 0.2) is 0 Å². The van der Waals surface area contributed by atoms with E-state index in [4.69, 9.17) is 11.6 Å². The average Bonchev–Trinajstić information content (AvgIpc) is 2.17. The van der Waals surface area contributed by atoms with E-state index in [2.05, 4.69) is 20.7 Å². The molecule has 14 heavy (non-hydrogen) atoms. The van der Waals surface area contributed by atoms with Crippen LogP contribution in [0.2, 0.25) is 5.02 Å². The SMILES string of the molecule is COC(=O)c1cc(CBr)c(Cl)cc1C. The third kappa shape index (κ3) is 2.28. The molecule has 0 aromatic heterocycles. The maximum Gasteiger partial charge on any atom is 0.338 e. The molecular formula is C10H10BrClO2. The molecule has 0 aliphatic rings. The Kier molecular flexibility index (Phi) is 3.96. The van der Waals surface area contributed by atoms with Gasteiger partial charge in [-0.3, -0.25) is 0 Å². The zero-order valence-corrected chi connectivity index (χ0v) is 10.3. The van der Waals surface area contributed by atoms with E-state index in [0.717, 1.165) is 11.1 Å². The zero-order valence-electron chi connectivity index (χ0n) is 7.93. The lowest BCUT2D eigenvalue weighted by Gasteiger charge is -2.07. The first-order valence-electron chi connectivity index (χ1n) is 4.03. The van der Waals surface area contributed by atoms with E-state index in [9.17, 15) is 4.79 Å². The molecule has 0 unspecified atom stereocenters. The van der Waals surface area contributed by atoms with Gasteiger partial charge in [-0.1, -0.05) is 27.5 Å². The lowest BCUT2D eigenvalue weighted by atomic mass is 10.1. The number of methoxy groups -OCH3 is 1. The predicted octanol–water partition coefficient (Wildman–Crippen LogP) is 3.33. The van der Waals surface area contributed by atoms with E-state index in [1.54, 1.807) is 12.1 Å². The first-order valence-corrected chi connectivity index (χ1v) is 5.53. The minimum atomic E-state index is -0.332. The molecule has 2 nitrogen and oxygen atoms in total. The van der Waals surface area contributed by atoms with Gasteiger partial charge >= 0.3 is 5.97 Å².